The van der Waals surface area contributed by atoms with Crippen molar-refractivity contribution >= 4 is 34.7 Å². The first-order valence-electron chi connectivity index (χ1n) is 10.7. The third-order valence-electron chi connectivity index (χ3n) is 5.77. The average Bonchev–Trinajstić information content (AvgIpc) is 3.11. The maximum absolute atomic E-state index is 12.7. The molecule has 10 nitrogen and oxygen atoms in total. The summed E-state index contributed by atoms with van der Waals surface area (Å²) in [5.41, 5.74) is 1.93. The van der Waals surface area contributed by atoms with Gasteiger partial charge in [-0.15, -0.1) is 0 Å². The topological polar surface area (TPSA) is 112 Å². The van der Waals surface area contributed by atoms with Crippen LogP contribution in [-0.4, -0.2) is 72.1 Å². The summed E-state index contributed by atoms with van der Waals surface area (Å²) in [5.74, 6) is 1.46. The van der Waals surface area contributed by atoms with Gasteiger partial charge in [0.25, 0.3) is 11.8 Å². The number of ether oxygens (including phenoxy) is 1. The average molecular weight is 435 g/mol. The third kappa shape index (κ3) is 4.09. The molecule has 1 saturated heterocycles. The number of rotatable bonds is 0. The van der Waals surface area contributed by atoms with Crippen LogP contribution in [0.1, 0.15) is 12.5 Å². The van der Waals surface area contributed by atoms with Crippen LogP contribution < -0.4 is 25.6 Å². The Morgan fingerprint density at radius 1 is 1.12 bits per heavy atom. The normalized spacial score (nSPS) is 24.7. The molecule has 0 saturated carbocycles. The van der Waals surface area contributed by atoms with Crippen molar-refractivity contribution in [3.8, 4) is 5.75 Å². The van der Waals surface area contributed by atoms with Crippen LogP contribution in [0.15, 0.2) is 36.8 Å². The summed E-state index contributed by atoms with van der Waals surface area (Å²) >= 11 is 0. The van der Waals surface area contributed by atoms with E-state index in [0.717, 1.165) is 44.2 Å². The molecule has 4 bridgehead atoms. The van der Waals surface area contributed by atoms with Crippen LogP contribution in [-0.2, 0) is 9.59 Å². The molecule has 2 amide bonds. The van der Waals surface area contributed by atoms with Crippen molar-refractivity contribution in [3.05, 3.63) is 42.4 Å². The highest BCUT2D eigenvalue weighted by Gasteiger charge is 2.32. The lowest BCUT2D eigenvalue weighted by Crippen LogP contribution is -2.51. The molecule has 0 unspecified atom stereocenters. The minimum absolute atomic E-state index is 0.00388. The fraction of sp³-hybridized carbons (Fsp3) is 0.364. The van der Waals surface area contributed by atoms with Gasteiger partial charge in [0.1, 0.15) is 23.7 Å². The molecule has 0 aliphatic carbocycles. The number of nitrogens with zero attached hydrogens (tertiary/aromatic N) is 4. The second-order valence-corrected chi connectivity index (χ2v) is 8.15. The van der Waals surface area contributed by atoms with Crippen molar-refractivity contribution in [1.82, 2.24) is 20.2 Å². The fourth-order valence-electron chi connectivity index (χ4n) is 4.26. The Bertz CT molecular complexity index is 1080. The number of aromatic nitrogens is 2. The zero-order valence-corrected chi connectivity index (χ0v) is 17.8. The number of hydrogen-bond acceptors (Lipinski definition) is 8. The maximum Gasteiger partial charge on any atom is 0.259 e. The second kappa shape index (κ2) is 8.46. The van der Waals surface area contributed by atoms with Crippen molar-refractivity contribution in [3.63, 3.8) is 0 Å². The first kappa shape index (κ1) is 20.3. The van der Waals surface area contributed by atoms with Crippen LogP contribution in [0.5, 0.6) is 5.75 Å². The summed E-state index contributed by atoms with van der Waals surface area (Å²) in [6, 6.07) is 7.26. The Balaban J connectivity index is 1.51. The molecule has 166 valence electrons. The third-order valence-corrected chi connectivity index (χ3v) is 5.77. The lowest BCUT2D eigenvalue weighted by molar-refractivity contribution is -0.123. The SMILES string of the molecule is C[C@H]1CN2CCN(CC2)c2ncnc3c2/C(=C/Nc2cccc(c2)OCC(=O)N1)C(=O)N3. The number of amides is 2. The molecular formula is C22H25N7O3. The molecule has 2 aromatic rings. The molecule has 0 spiro atoms. The van der Waals surface area contributed by atoms with Gasteiger partial charge in [-0.1, -0.05) is 6.07 Å². The Hall–Kier alpha value is -3.66. The molecule has 4 aliphatic heterocycles. The van der Waals surface area contributed by atoms with Gasteiger partial charge in [-0.05, 0) is 19.1 Å². The fourth-order valence-corrected chi connectivity index (χ4v) is 4.26. The van der Waals surface area contributed by atoms with Crippen LogP contribution in [0.3, 0.4) is 0 Å². The van der Waals surface area contributed by atoms with Gasteiger partial charge in [0.2, 0.25) is 0 Å². The van der Waals surface area contributed by atoms with E-state index in [-0.39, 0.29) is 24.5 Å². The van der Waals surface area contributed by atoms with Gasteiger partial charge in [0.15, 0.2) is 6.61 Å². The number of fused-ring (bicyclic) bond motifs is 8. The van der Waals surface area contributed by atoms with E-state index in [1.54, 1.807) is 18.3 Å². The predicted molar refractivity (Wildman–Crippen MR) is 120 cm³/mol. The summed E-state index contributed by atoms with van der Waals surface area (Å²) in [6.07, 6.45) is 3.16. The molecule has 5 heterocycles. The number of carbonyl (C=O) groups excluding carboxylic acids is 2. The first-order valence-corrected chi connectivity index (χ1v) is 10.7. The summed E-state index contributed by atoms with van der Waals surface area (Å²) in [4.78, 5) is 38.3. The van der Waals surface area contributed by atoms with Gasteiger partial charge in [0, 0.05) is 56.7 Å². The highest BCUT2D eigenvalue weighted by atomic mass is 16.5. The summed E-state index contributed by atoms with van der Waals surface area (Å²) in [7, 11) is 0. The molecular weight excluding hydrogens is 410 g/mol. The Morgan fingerprint density at radius 3 is 2.81 bits per heavy atom. The van der Waals surface area contributed by atoms with Crippen molar-refractivity contribution in [2.45, 2.75) is 13.0 Å². The monoisotopic (exact) mass is 435 g/mol. The number of nitrogens with one attached hydrogen (secondary N) is 3. The molecule has 6 rings (SSSR count). The van der Waals surface area contributed by atoms with Crippen molar-refractivity contribution in [1.29, 1.82) is 0 Å². The highest BCUT2D eigenvalue weighted by molar-refractivity contribution is 6.32. The van der Waals surface area contributed by atoms with Crippen LogP contribution in [0.2, 0.25) is 0 Å². The molecule has 1 aromatic heterocycles. The van der Waals surface area contributed by atoms with E-state index in [1.165, 1.54) is 6.33 Å². The van der Waals surface area contributed by atoms with Gasteiger partial charge in [0.05, 0.1) is 11.1 Å². The number of anilines is 3. The highest BCUT2D eigenvalue weighted by Crippen LogP contribution is 2.36. The number of hydrogen-bond donors (Lipinski definition) is 3. The van der Waals surface area contributed by atoms with E-state index >= 15 is 0 Å². The van der Waals surface area contributed by atoms with Crippen LogP contribution in [0.4, 0.5) is 17.3 Å². The van der Waals surface area contributed by atoms with E-state index < -0.39 is 0 Å². The summed E-state index contributed by atoms with van der Waals surface area (Å²) < 4.78 is 5.66. The molecule has 0 radical (unpaired) electrons. The zero-order valence-electron chi connectivity index (χ0n) is 17.8. The Labute approximate surface area is 185 Å². The second-order valence-electron chi connectivity index (χ2n) is 8.15. The van der Waals surface area contributed by atoms with Gasteiger partial charge in [-0.3, -0.25) is 14.5 Å². The van der Waals surface area contributed by atoms with Gasteiger partial charge >= 0.3 is 0 Å². The lowest BCUT2D eigenvalue weighted by Gasteiger charge is -2.37. The maximum atomic E-state index is 12.7. The molecule has 32 heavy (non-hydrogen) atoms. The van der Waals surface area contributed by atoms with E-state index in [2.05, 4.69) is 35.7 Å². The molecule has 1 fully saturated rings. The van der Waals surface area contributed by atoms with E-state index in [1.807, 2.05) is 19.1 Å². The molecule has 1 aromatic carbocycles. The largest absolute Gasteiger partial charge is 0.484 e. The predicted octanol–water partition coefficient (Wildman–Crippen LogP) is 0.901. The van der Waals surface area contributed by atoms with Gasteiger partial charge in [-0.2, -0.15) is 0 Å². The van der Waals surface area contributed by atoms with E-state index in [9.17, 15) is 9.59 Å². The van der Waals surface area contributed by atoms with Crippen molar-refractivity contribution in [2.24, 2.45) is 0 Å². The number of benzene rings is 1. The first-order chi connectivity index (χ1) is 15.6. The quantitative estimate of drug-likeness (QED) is 0.560. The Morgan fingerprint density at radius 2 is 1.97 bits per heavy atom. The smallest absolute Gasteiger partial charge is 0.259 e. The van der Waals surface area contributed by atoms with E-state index in [4.69, 9.17) is 4.74 Å². The number of piperazine rings is 1. The summed E-state index contributed by atoms with van der Waals surface area (Å²) in [6.45, 7) is 5.90. The molecule has 4 aliphatic rings. The van der Waals surface area contributed by atoms with E-state index in [0.29, 0.717) is 22.7 Å². The summed E-state index contributed by atoms with van der Waals surface area (Å²) in [5, 5.41) is 9.01. The van der Waals surface area contributed by atoms with Gasteiger partial charge < -0.3 is 25.6 Å². The molecule has 3 N–H and O–H groups in total. The zero-order chi connectivity index (χ0) is 22.1. The molecule has 1 atom stereocenters. The van der Waals surface area contributed by atoms with Crippen molar-refractivity contribution < 1.29 is 14.3 Å². The van der Waals surface area contributed by atoms with Crippen LogP contribution >= 0.6 is 0 Å². The number of carbonyl (C=O) groups is 2. The standard InChI is InChI=1S/C22H25N7O3/c1-14-11-28-5-7-29(8-6-28)21-19-17(22(31)27-20(19)24-13-25-21)10-23-15-3-2-4-16(9-15)32-12-18(30)26-14/h2-4,9-10,13-14,23H,5-8,11-12H2,1H3,(H,26,30)(H,24,25,27,31)/b17-10-/t14-/m0/s1. The van der Waals surface area contributed by atoms with Crippen LogP contribution in [0.25, 0.3) is 5.57 Å². The Kier molecular flexibility index (Phi) is 5.36. The van der Waals surface area contributed by atoms with Gasteiger partial charge in [-0.25, -0.2) is 9.97 Å². The van der Waals surface area contributed by atoms with Crippen LogP contribution in [0, 0.1) is 0 Å². The minimum atomic E-state index is -0.222. The molecule has 10 heteroatoms. The lowest BCUT2D eigenvalue weighted by atomic mass is 10.1. The minimum Gasteiger partial charge on any atom is -0.484 e. The van der Waals surface area contributed by atoms with Crippen molar-refractivity contribution in [2.75, 3.05) is 54.9 Å².